The highest BCUT2D eigenvalue weighted by Crippen LogP contribution is 1.97. The molecule has 0 radical (unpaired) electrons. The molecule has 0 amide bonds. The van der Waals surface area contributed by atoms with Crippen molar-refractivity contribution in [2.45, 2.75) is 26.3 Å². The van der Waals surface area contributed by atoms with Crippen molar-refractivity contribution < 1.29 is 9.90 Å². The summed E-state index contributed by atoms with van der Waals surface area (Å²) in [6.45, 7) is 4.88. The molecule has 11 heavy (non-hydrogen) atoms. The summed E-state index contributed by atoms with van der Waals surface area (Å²) in [7, 11) is 0. The first-order valence-electron chi connectivity index (χ1n) is 4.04. The molecule has 0 heterocycles. The van der Waals surface area contributed by atoms with Gasteiger partial charge in [0.15, 0.2) is 0 Å². The van der Waals surface area contributed by atoms with Crippen molar-refractivity contribution in [2.75, 3.05) is 13.2 Å². The molecule has 66 valence electrons. The van der Waals surface area contributed by atoms with Crippen LogP contribution in [0.15, 0.2) is 0 Å². The van der Waals surface area contributed by atoms with Crippen molar-refractivity contribution in [1.29, 1.82) is 0 Å². The minimum atomic E-state index is -0.385. The molecule has 0 rings (SSSR count). The molecule has 3 nitrogen and oxygen atoms in total. The zero-order chi connectivity index (χ0) is 8.69. The molecule has 0 fully saturated rings. The monoisotopic (exact) mass is 159 g/mol. The number of rotatable bonds is 6. The molecule has 2 atom stereocenters. The van der Waals surface area contributed by atoms with Crippen LogP contribution in [0.25, 0.3) is 0 Å². The van der Waals surface area contributed by atoms with Crippen molar-refractivity contribution in [1.82, 2.24) is 5.32 Å². The molecule has 0 aromatic heterocycles. The van der Waals surface area contributed by atoms with E-state index >= 15 is 0 Å². The van der Waals surface area contributed by atoms with Crippen molar-refractivity contribution in [3.63, 3.8) is 0 Å². The highest BCUT2D eigenvalue weighted by atomic mass is 16.3. The molecule has 0 aromatic rings. The number of carbonyl (C=O) groups excluding carboxylic acids is 1. The summed E-state index contributed by atoms with van der Waals surface area (Å²) in [5.41, 5.74) is 0. The Morgan fingerprint density at radius 2 is 2.27 bits per heavy atom. The first-order chi connectivity index (χ1) is 5.24. The van der Waals surface area contributed by atoms with Gasteiger partial charge in [0.1, 0.15) is 6.29 Å². The van der Waals surface area contributed by atoms with Gasteiger partial charge in [0.2, 0.25) is 0 Å². The second kappa shape index (κ2) is 6.31. The Hall–Kier alpha value is -0.410. The molecule has 0 aliphatic rings. The molecule has 0 aliphatic carbocycles. The fourth-order valence-corrected chi connectivity index (χ4v) is 0.653. The standard InChI is InChI=1S/C8H17NO2/c1-3-7(2)4-9-8(5-10)6-11/h5,7-9,11H,3-4,6H2,1-2H3/t7-,8+/m0/s1. The zero-order valence-corrected chi connectivity index (χ0v) is 7.21. The maximum atomic E-state index is 10.2. The summed E-state index contributed by atoms with van der Waals surface area (Å²) in [6, 6.07) is -0.385. The van der Waals surface area contributed by atoms with E-state index in [1.807, 2.05) is 0 Å². The summed E-state index contributed by atoms with van der Waals surface area (Å²) < 4.78 is 0. The normalized spacial score (nSPS) is 15.9. The van der Waals surface area contributed by atoms with Crippen LogP contribution in [-0.4, -0.2) is 30.6 Å². The second-order valence-electron chi connectivity index (χ2n) is 2.85. The van der Waals surface area contributed by atoms with Gasteiger partial charge in [-0.1, -0.05) is 20.3 Å². The van der Waals surface area contributed by atoms with Gasteiger partial charge in [-0.25, -0.2) is 0 Å². The van der Waals surface area contributed by atoms with Crippen LogP contribution in [0.3, 0.4) is 0 Å². The summed E-state index contributed by atoms with van der Waals surface area (Å²) in [4.78, 5) is 10.2. The number of nitrogens with one attached hydrogen (secondary N) is 1. The number of aliphatic hydroxyl groups excluding tert-OH is 1. The van der Waals surface area contributed by atoms with Gasteiger partial charge in [-0.05, 0) is 12.5 Å². The quantitative estimate of drug-likeness (QED) is 0.544. The molecule has 0 spiro atoms. The summed E-state index contributed by atoms with van der Waals surface area (Å²) in [6.07, 6.45) is 1.83. The Labute approximate surface area is 67.8 Å². The van der Waals surface area contributed by atoms with E-state index in [9.17, 15) is 4.79 Å². The largest absolute Gasteiger partial charge is 0.394 e. The van der Waals surface area contributed by atoms with E-state index in [0.29, 0.717) is 5.92 Å². The molecule has 2 N–H and O–H groups in total. The molecule has 0 aromatic carbocycles. The van der Waals surface area contributed by atoms with Crippen LogP contribution in [0.2, 0.25) is 0 Å². The number of aldehydes is 1. The van der Waals surface area contributed by atoms with Gasteiger partial charge in [0, 0.05) is 0 Å². The van der Waals surface area contributed by atoms with E-state index in [4.69, 9.17) is 5.11 Å². The van der Waals surface area contributed by atoms with Gasteiger partial charge in [-0.3, -0.25) is 0 Å². The lowest BCUT2D eigenvalue weighted by Crippen LogP contribution is -2.36. The molecule has 3 heteroatoms. The van der Waals surface area contributed by atoms with Crippen LogP contribution in [0.4, 0.5) is 0 Å². The highest BCUT2D eigenvalue weighted by molar-refractivity contribution is 5.57. The third kappa shape index (κ3) is 4.93. The van der Waals surface area contributed by atoms with E-state index in [2.05, 4.69) is 19.2 Å². The molecular formula is C8H17NO2. The lowest BCUT2D eigenvalue weighted by molar-refractivity contribution is -0.110. The first-order valence-corrected chi connectivity index (χ1v) is 4.04. The Kier molecular flexibility index (Phi) is 6.07. The predicted octanol–water partition coefficient (Wildman–Crippen LogP) is 0.182. The summed E-state index contributed by atoms with van der Waals surface area (Å²) in [5.74, 6) is 0.559. The smallest absolute Gasteiger partial charge is 0.139 e. The van der Waals surface area contributed by atoms with Crippen molar-refractivity contribution >= 4 is 6.29 Å². The van der Waals surface area contributed by atoms with E-state index in [-0.39, 0.29) is 12.6 Å². The number of carbonyl (C=O) groups is 1. The molecule has 0 aliphatic heterocycles. The van der Waals surface area contributed by atoms with Gasteiger partial charge in [0.05, 0.1) is 12.6 Å². The Balaban J connectivity index is 3.41. The predicted molar refractivity (Wildman–Crippen MR) is 44.4 cm³/mol. The maximum absolute atomic E-state index is 10.2. The van der Waals surface area contributed by atoms with E-state index in [0.717, 1.165) is 19.3 Å². The van der Waals surface area contributed by atoms with Gasteiger partial charge >= 0.3 is 0 Å². The summed E-state index contributed by atoms with van der Waals surface area (Å²) >= 11 is 0. The first kappa shape index (κ1) is 10.6. The Morgan fingerprint density at radius 1 is 1.64 bits per heavy atom. The molecular weight excluding hydrogens is 142 g/mol. The number of hydrogen-bond donors (Lipinski definition) is 2. The van der Waals surface area contributed by atoms with Crippen LogP contribution < -0.4 is 5.32 Å². The number of hydrogen-bond acceptors (Lipinski definition) is 3. The SMILES string of the molecule is CC[C@H](C)CN[C@H](C=O)CO. The van der Waals surface area contributed by atoms with Gasteiger partial charge < -0.3 is 15.2 Å². The van der Waals surface area contributed by atoms with Crippen LogP contribution in [0, 0.1) is 5.92 Å². The fourth-order valence-electron chi connectivity index (χ4n) is 0.653. The third-order valence-electron chi connectivity index (χ3n) is 1.79. The summed E-state index contributed by atoms with van der Waals surface area (Å²) in [5, 5.41) is 11.6. The highest BCUT2D eigenvalue weighted by Gasteiger charge is 2.05. The van der Waals surface area contributed by atoms with Crippen LogP contribution in [0.1, 0.15) is 20.3 Å². The molecule has 0 saturated heterocycles. The van der Waals surface area contributed by atoms with E-state index in [1.54, 1.807) is 0 Å². The molecule has 0 unspecified atom stereocenters. The maximum Gasteiger partial charge on any atom is 0.139 e. The van der Waals surface area contributed by atoms with Crippen LogP contribution >= 0.6 is 0 Å². The minimum absolute atomic E-state index is 0.111. The lowest BCUT2D eigenvalue weighted by Gasteiger charge is -2.13. The van der Waals surface area contributed by atoms with E-state index < -0.39 is 0 Å². The Bertz CT molecular complexity index is 106. The molecule has 0 saturated carbocycles. The Morgan fingerprint density at radius 3 is 2.64 bits per heavy atom. The topological polar surface area (TPSA) is 49.3 Å². The number of aliphatic hydroxyl groups is 1. The van der Waals surface area contributed by atoms with Gasteiger partial charge in [-0.2, -0.15) is 0 Å². The average molecular weight is 159 g/mol. The fraction of sp³-hybridized carbons (Fsp3) is 0.875. The second-order valence-corrected chi connectivity index (χ2v) is 2.85. The van der Waals surface area contributed by atoms with Crippen molar-refractivity contribution in [3.8, 4) is 0 Å². The van der Waals surface area contributed by atoms with E-state index in [1.165, 1.54) is 0 Å². The minimum Gasteiger partial charge on any atom is -0.394 e. The van der Waals surface area contributed by atoms with Gasteiger partial charge in [0.25, 0.3) is 0 Å². The zero-order valence-electron chi connectivity index (χ0n) is 7.21. The molecule has 0 bridgehead atoms. The lowest BCUT2D eigenvalue weighted by atomic mass is 10.1. The van der Waals surface area contributed by atoms with Crippen molar-refractivity contribution in [3.05, 3.63) is 0 Å². The van der Waals surface area contributed by atoms with Crippen LogP contribution in [-0.2, 0) is 4.79 Å². The average Bonchev–Trinajstić information content (AvgIpc) is 2.06. The third-order valence-corrected chi connectivity index (χ3v) is 1.79. The van der Waals surface area contributed by atoms with Crippen molar-refractivity contribution in [2.24, 2.45) is 5.92 Å². The van der Waals surface area contributed by atoms with Gasteiger partial charge in [-0.15, -0.1) is 0 Å². The van der Waals surface area contributed by atoms with Crippen LogP contribution in [0.5, 0.6) is 0 Å².